The monoisotopic (exact) mass is 258 g/mol. The Kier molecular flexibility index (Phi) is 9.19. The summed E-state index contributed by atoms with van der Waals surface area (Å²) in [6.07, 6.45) is 5.03. The van der Waals surface area contributed by atoms with Gasteiger partial charge in [-0.25, -0.2) is 0 Å². The summed E-state index contributed by atoms with van der Waals surface area (Å²) in [5, 5.41) is 0. The standard InChI is InChI=1S/C14H34N2Si/c1-7-11-15-17(13(5)9-3,14(6)10-4)16-12-8-2/h13-16H,7-12H2,1-6H3. The van der Waals surface area contributed by atoms with E-state index in [1.165, 1.54) is 25.7 Å². The van der Waals surface area contributed by atoms with Gasteiger partial charge in [-0.15, -0.1) is 0 Å². The van der Waals surface area contributed by atoms with Crippen LogP contribution in [0.3, 0.4) is 0 Å². The fourth-order valence-corrected chi connectivity index (χ4v) is 7.66. The van der Waals surface area contributed by atoms with E-state index in [-0.39, 0.29) is 0 Å². The van der Waals surface area contributed by atoms with Crippen molar-refractivity contribution in [3.8, 4) is 0 Å². The molecule has 2 nitrogen and oxygen atoms in total. The Balaban J connectivity index is 4.90. The summed E-state index contributed by atoms with van der Waals surface area (Å²) in [6, 6.07) is 0. The first-order valence-electron chi connectivity index (χ1n) is 7.58. The molecular weight excluding hydrogens is 224 g/mol. The zero-order chi connectivity index (χ0) is 13.3. The Morgan fingerprint density at radius 3 is 1.35 bits per heavy atom. The maximum Gasteiger partial charge on any atom is 0.207 e. The summed E-state index contributed by atoms with van der Waals surface area (Å²) >= 11 is 0. The molecule has 17 heavy (non-hydrogen) atoms. The van der Waals surface area contributed by atoms with Crippen molar-refractivity contribution in [1.29, 1.82) is 0 Å². The van der Waals surface area contributed by atoms with Crippen molar-refractivity contribution in [3.63, 3.8) is 0 Å². The van der Waals surface area contributed by atoms with Gasteiger partial charge in [0.2, 0.25) is 8.40 Å². The van der Waals surface area contributed by atoms with E-state index in [4.69, 9.17) is 0 Å². The molecule has 0 saturated heterocycles. The van der Waals surface area contributed by atoms with Crippen LogP contribution in [0.4, 0.5) is 0 Å². The van der Waals surface area contributed by atoms with Crippen molar-refractivity contribution in [3.05, 3.63) is 0 Å². The zero-order valence-electron chi connectivity index (χ0n) is 12.9. The highest BCUT2D eigenvalue weighted by atomic mass is 28.3. The maximum atomic E-state index is 3.95. The van der Waals surface area contributed by atoms with Crippen LogP contribution in [0, 0.1) is 0 Å². The Morgan fingerprint density at radius 2 is 1.12 bits per heavy atom. The number of rotatable bonds is 10. The highest BCUT2D eigenvalue weighted by Crippen LogP contribution is 2.32. The van der Waals surface area contributed by atoms with Crippen LogP contribution in [-0.2, 0) is 0 Å². The second-order valence-electron chi connectivity index (χ2n) is 5.34. The second kappa shape index (κ2) is 9.12. The van der Waals surface area contributed by atoms with Crippen LogP contribution in [0.15, 0.2) is 0 Å². The molecule has 0 amide bonds. The molecule has 0 fully saturated rings. The molecule has 0 aliphatic heterocycles. The van der Waals surface area contributed by atoms with Gasteiger partial charge in [0, 0.05) is 0 Å². The fraction of sp³-hybridized carbons (Fsp3) is 1.00. The Labute approximate surface area is 110 Å². The lowest BCUT2D eigenvalue weighted by Gasteiger charge is -2.42. The quantitative estimate of drug-likeness (QED) is 0.578. The lowest BCUT2D eigenvalue weighted by molar-refractivity contribution is 0.640. The maximum absolute atomic E-state index is 3.95. The van der Waals surface area contributed by atoms with Gasteiger partial charge in [-0.05, 0) is 37.0 Å². The number of hydrogen-bond acceptors (Lipinski definition) is 2. The minimum absolute atomic E-state index is 0.801. The SMILES string of the molecule is CCCN[Si](NCCC)(C(C)CC)C(C)CC. The van der Waals surface area contributed by atoms with E-state index in [2.05, 4.69) is 51.5 Å². The molecule has 0 bridgehead atoms. The van der Waals surface area contributed by atoms with Gasteiger partial charge >= 0.3 is 0 Å². The molecule has 0 aliphatic rings. The lowest BCUT2D eigenvalue weighted by atomic mass is 10.3. The Morgan fingerprint density at radius 1 is 0.765 bits per heavy atom. The summed E-state index contributed by atoms with van der Waals surface area (Å²) in [6.45, 7) is 16.4. The largest absolute Gasteiger partial charge is 0.325 e. The van der Waals surface area contributed by atoms with Gasteiger partial charge in [0.05, 0.1) is 0 Å². The highest BCUT2D eigenvalue weighted by molar-refractivity contribution is 6.77. The molecule has 0 aromatic rings. The van der Waals surface area contributed by atoms with Gasteiger partial charge in [-0.2, -0.15) is 0 Å². The van der Waals surface area contributed by atoms with E-state index < -0.39 is 8.40 Å². The van der Waals surface area contributed by atoms with Crippen LogP contribution in [0.5, 0.6) is 0 Å². The summed E-state index contributed by atoms with van der Waals surface area (Å²) in [5.74, 6) is 0. The Bertz CT molecular complexity index is 165. The van der Waals surface area contributed by atoms with Crippen molar-refractivity contribution >= 4 is 8.40 Å². The first-order chi connectivity index (χ1) is 8.08. The second-order valence-corrected chi connectivity index (χ2v) is 9.76. The summed E-state index contributed by atoms with van der Waals surface area (Å²) < 4.78 is 0. The van der Waals surface area contributed by atoms with E-state index in [0.717, 1.165) is 24.2 Å². The summed E-state index contributed by atoms with van der Waals surface area (Å²) in [5.41, 5.74) is 1.60. The van der Waals surface area contributed by atoms with Crippen LogP contribution in [-0.4, -0.2) is 21.5 Å². The van der Waals surface area contributed by atoms with Gasteiger partial charge in [0.25, 0.3) is 0 Å². The molecule has 0 rings (SSSR count). The first kappa shape index (κ1) is 17.1. The lowest BCUT2D eigenvalue weighted by Crippen LogP contribution is -2.67. The molecule has 104 valence electrons. The van der Waals surface area contributed by atoms with Crippen molar-refractivity contribution in [2.24, 2.45) is 0 Å². The Hall–Kier alpha value is 0.137. The molecule has 0 spiro atoms. The van der Waals surface area contributed by atoms with E-state index >= 15 is 0 Å². The third kappa shape index (κ3) is 4.72. The topological polar surface area (TPSA) is 24.1 Å². The molecule has 0 radical (unpaired) electrons. The van der Waals surface area contributed by atoms with Crippen LogP contribution in [0.25, 0.3) is 0 Å². The molecule has 2 atom stereocenters. The third-order valence-corrected chi connectivity index (χ3v) is 9.71. The van der Waals surface area contributed by atoms with Gasteiger partial charge in [0.1, 0.15) is 0 Å². The molecule has 0 aromatic carbocycles. The molecule has 3 heteroatoms. The minimum atomic E-state index is -1.54. The molecule has 0 aliphatic carbocycles. The van der Waals surface area contributed by atoms with E-state index in [1.807, 2.05) is 0 Å². The van der Waals surface area contributed by atoms with Gasteiger partial charge in [-0.3, -0.25) is 0 Å². The number of nitrogens with one attached hydrogen (secondary N) is 2. The van der Waals surface area contributed by atoms with Gasteiger partial charge in [0.15, 0.2) is 0 Å². The first-order valence-corrected chi connectivity index (χ1v) is 9.74. The van der Waals surface area contributed by atoms with E-state index in [0.29, 0.717) is 0 Å². The summed E-state index contributed by atoms with van der Waals surface area (Å²) in [4.78, 5) is 7.89. The molecular formula is C14H34N2Si. The van der Waals surface area contributed by atoms with E-state index in [9.17, 15) is 0 Å². The predicted molar refractivity (Wildman–Crippen MR) is 81.8 cm³/mol. The highest BCUT2D eigenvalue weighted by Gasteiger charge is 2.42. The van der Waals surface area contributed by atoms with Gasteiger partial charge in [-0.1, -0.05) is 54.4 Å². The molecule has 2 N–H and O–H groups in total. The normalized spacial score (nSPS) is 15.9. The molecule has 2 unspecified atom stereocenters. The third-order valence-electron chi connectivity index (χ3n) is 4.11. The van der Waals surface area contributed by atoms with Crippen molar-refractivity contribution in [2.45, 2.75) is 78.3 Å². The average Bonchev–Trinajstić information content (AvgIpc) is 2.37. The summed E-state index contributed by atoms with van der Waals surface area (Å²) in [7, 11) is -1.54. The van der Waals surface area contributed by atoms with Gasteiger partial charge < -0.3 is 9.96 Å². The van der Waals surface area contributed by atoms with Crippen molar-refractivity contribution in [1.82, 2.24) is 9.96 Å². The van der Waals surface area contributed by atoms with Crippen LogP contribution in [0.2, 0.25) is 11.1 Å². The van der Waals surface area contributed by atoms with E-state index in [1.54, 1.807) is 0 Å². The van der Waals surface area contributed by atoms with Crippen LogP contribution < -0.4 is 9.96 Å². The smallest absolute Gasteiger partial charge is 0.207 e. The van der Waals surface area contributed by atoms with Crippen LogP contribution in [0.1, 0.15) is 67.2 Å². The average molecular weight is 259 g/mol. The van der Waals surface area contributed by atoms with Crippen LogP contribution >= 0.6 is 0 Å². The molecule has 0 aromatic heterocycles. The zero-order valence-corrected chi connectivity index (χ0v) is 13.9. The number of hydrogen-bond donors (Lipinski definition) is 2. The fourth-order valence-electron chi connectivity index (χ4n) is 2.55. The van der Waals surface area contributed by atoms with Crippen molar-refractivity contribution < 1.29 is 0 Å². The van der Waals surface area contributed by atoms with Crippen molar-refractivity contribution in [2.75, 3.05) is 13.1 Å². The minimum Gasteiger partial charge on any atom is -0.325 e. The predicted octanol–water partition coefficient (Wildman–Crippen LogP) is 4.03. The molecule has 0 saturated carbocycles. The molecule has 0 heterocycles.